The maximum atomic E-state index is 12.3. The third-order valence-corrected chi connectivity index (χ3v) is 4.71. The van der Waals surface area contributed by atoms with Crippen molar-refractivity contribution in [2.24, 2.45) is 0 Å². The molecule has 0 saturated heterocycles. The second-order valence-corrected chi connectivity index (χ2v) is 6.27. The predicted molar refractivity (Wildman–Crippen MR) is 81.4 cm³/mol. The van der Waals surface area contributed by atoms with Crippen molar-refractivity contribution in [2.45, 2.75) is 11.3 Å². The van der Waals surface area contributed by atoms with E-state index in [4.69, 9.17) is 0 Å². The highest BCUT2D eigenvalue weighted by Gasteiger charge is 2.14. The Labute approximate surface area is 124 Å². The topological polar surface area (TPSA) is 55.7 Å². The van der Waals surface area contributed by atoms with Gasteiger partial charge in [0.25, 0.3) is 0 Å². The summed E-state index contributed by atoms with van der Waals surface area (Å²) < 4.78 is 0.893. The highest BCUT2D eigenvalue weighted by Crippen LogP contribution is 2.22. The molecule has 2 aromatic heterocycles. The number of aromatic nitrogens is 3. The van der Waals surface area contributed by atoms with Crippen LogP contribution in [0, 0.1) is 6.92 Å². The van der Waals surface area contributed by atoms with E-state index in [1.165, 1.54) is 23.1 Å². The van der Waals surface area contributed by atoms with Gasteiger partial charge in [0.1, 0.15) is 10.0 Å². The Morgan fingerprint density at radius 3 is 2.70 bits per heavy atom. The Balaban J connectivity index is 1.85. The van der Waals surface area contributed by atoms with E-state index in [1.807, 2.05) is 36.6 Å². The lowest BCUT2D eigenvalue weighted by atomic mass is 10.2. The maximum absolute atomic E-state index is 12.3. The molecule has 0 atom stereocenters. The fourth-order valence-electron chi connectivity index (χ4n) is 1.83. The monoisotopic (exact) mass is 301 g/mol. The summed E-state index contributed by atoms with van der Waals surface area (Å²) in [6.45, 7) is 1.82. The summed E-state index contributed by atoms with van der Waals surface area (Å²) in [4.78, 5) is 25.3. The number of para-hydroxylation sites is 2. The van der Waals surface area contributed by atoms with Crippen LogP contribution in [0.3, 0.4) is 0 Å². The van der Waals surface area contributed by atoms with Crippen LogP contribution in [0.15, 0.2) is 40.2 Å². The van der Waals surface area contributed by atoms with Gasteiger partial charge in [0.05, 0.1) is 22.5 Å². The van der Waals surface area contributed by atoms with Crippen LogP contribution in [0.2, 0.25) is 0 Å². The van der Waals surface area contributed by atoms with E-state index in [1.54, 1.807) is 6.20 Å². The summed E-state index contributed by atoms with van der Waals surface area (Å²) in [5, 5.41) is 1.90. The zero-order chi connectivity index (χ0) is 13.9. The van der Waals surface area contributed by atoms with Crippen LogP contribution in [0.1, 0.15) is 16.2 Å². The van der Waals surface area contributed by atoms with Gasteiger partial charge in [-0.2, -0.15) is 0 Å². The van der Waals surface area contributed by atoms with Crippen molar-refractivity contribution in [1.82, 2.24) is 15.0 Å². The minimum Gasteiger partial charge on any atom is -0.291 e. The van der Waals surface area contributed by atoms with Gasteiger partial charge < -0.3 is 0 Å². The molecule has 0 bridgehead atoms. The lowest BCUT2D eigenvalue weighted by Gasteiger charge is -2.05. The molecule has 0 radical (unpaired) electrons. The molecule has 2 heterocycles. The zero-order valence-electron chi connectivity index (χ0n) is 10.7. The average molecular weight is 301 g/mol. The summed E-state index contributed by atoms with van der Waals surface area (Å²) in [5.41, 5.74) is 2.69. The lowest BCUT2D eigenvalue weighted by molar-refractivity contribution is 0.101. The molecule has 0 amide bonds. The van der Waals surface area contributed by atoms with Gasteiger partial charge in [-0.05, 0) is 19.1 Å². The first-order valence-electron chi connectivity index (χ1n) is 6.03. The predicted octanol–water partition coefficient (Wildman–Crippen LogP) is 3.37. The van der Waals surface area contributed by atoms with Crippen LogP contribution < -0.4 is 0 Å². The molecule has 4 nitrogen and oxygen atoms in total. The molecule has 100 valence electrons. The minimum atomic E-state index is -0.0130. The van der Waals surface area contributed by atoms with Crippen LogP contribution >= 0.6 is 23.1 Å². The van der Waals surface area contributed by atoms with Crippen molar-refractivity contribution < 1.29 is 4.79 Å². The zero-order valence-corrected chi connectivity index (χ0v) is 12.4. The third-order valence-electron chi connectivity index (χ3n) is 2.75. The van der Waals surface area contributed by atoms with Gasteiger partial charge in [-0.1, -0.05) is 23.9 Å². The summed E-state index contributed by atoms with van der Waals surface area (Å²) >= 11 is 2.96. The highest BCUT2D eigenvalue weighted by molar-refractivity contribution is 8.01. The van der Waals surface area contributed by atoms with Crippen LogP contribution in [0.4, 0.5) is 0 Å². The molecular weight excluding hydrogens is 290 g/mol. The van der Waals surface area contributed by atoms with Crippen LogP contribution in [-0.4, -0.2) is 26.5 Å². The second kappa shape index (κ2) is 5.68. The molecule has 0 aliphatic heterocycles. The van der Waals surface area contributed by atoms with Gasteiger partial charge in [-0.25, -0.2) is 15.0 Å². The lowest BCUT2D eigenvalue weighted by Crippen LogP contribution is -2.09. The highest BCUT2D eigenvalue weighted by atomic mass is 32.2. The number of hydrogen-bond donors (Lipinski definition) is 0. The van der Waals surface area contributed by atoms with E-state index in [0.717, 1.165) is 15.4 Å². The number of ketones is 1. The van der Waals surface area contributed by atoms with Crippen molar-refractivity contribution in [1.29, 1.82) is 0 Å². The largest absolute Gasteiger partial charge is 0.291 e. The summed E-state index contributed by atoms with van der Waals surface area (Å²) in [5.74, 6) is 0.322. The number of benzene rings is 1. The third kappa shape index (κ3) is 2.71. The van der Waals surface area contributed by atoms with Gasteiger partial charge >= 0.3 is 0 Å². The molecule has 0 fully saturated rings. The first-order chi connectivity index (χ1) is 9.74. The molecule has 0 aliphatic carbocycles. The summed E-state index contributed by atoms with van der Waals surface area (Å²) in [7, 11) is 0. The summed E-state index contributed by atoms with van der Waals surface area (Å²) in [6, 6.07) is 7.57. The smallest absolute Gasteiger partial charge is 0.193 e. The molecular formula is C14H11N3OS2. The Morgan fingerprint density at radius 1 is 1.25 bits per heavy atom. The maximum Gasteiger partial charge on any atom is 0.193 e. The second-order valence-electron chi connectivity index (χ2n) is 4.16. The standard InChI is InChI=1S/C14H11N3OS2/c1-9-13(12(18)8-20-14-15-6-7-19-14)17-11-5-3-2-4-10(11)16-9/h2-7H,8H2,1H3. The molecule has 3 aromatic rings. The van der Waals surface area contributed by atoms with E-state index in [2.05, 4.69) is 15.0 Å². The SMILES string of the molecule is Cc1nc2ccccc2nc1C(=O)CSc1nccs1. The van der Waals surface area contributed by atoms with E-state index >= 15 is 0 Å². The fraction of sp³-hybridized carbons (Fsp3) is 0.143. The molecule has 0 N–H and O–H groups in total. The molecule has 0 aliphatic rings. The quantitative estimate of drug-likeness (QED) is 0.546. The van der Waals surface area contributed by atoms with E-state index in [0.29, 0.717) is 17.1 Å². The molecule has 0 saturated carbocycles. The number of rotatable bonds is 4. The first kappa shape index (κ1) is 13.2. The van der Waals surface area contributed by atoms with E-state index in [9.17, 15) is 4.79 Å². The molecule has 1 aromatic carbocycles. The van der Waals surface area contributed by atoms with Crippen molar-refractivity contribution in [3.05, 3.63) is 47.2 Å². The number of carbonyl (C=O) groups is 1. The van der Waals surface area contributed by atoms with Crippen molar-refractivity contribution in [2.75, 3.05) is 5.75 Å². The Bertz CT molecular complexity index is 756. The average Bonchev–Trinajstić information content (AvgIpc) is 2.97. The van der Waals surface area contributed by atoms with Crippen molar-refractivity contribution >= 4 is 39.9 Å². The molecule has 0 spiro atoms. The number of Topliss-reactive ketones (excluding diaryl/α,β-unsaturated/α-hetero) is 1. The number of fused-ring (bicyclic) bond motifs is 1. The molecule has 20 heavy (non-hydrogen) atoms. The number of carbonyl (C=O) groups excluding carboxylic acids is 1. The van der Waals surface area contributed by atoms with Gasteiger partial charge in [0.2, 0.25) is 0 Å². The Kier molecular flexibility index (Phi) is 3.75. The minimum absolute atomic E-state index is 0.0130. The normalized spacial score (nSPS) is 10.8. The van der Waals surface area contributed by atoms with E-state index < -0.39 is 0 Å². The molecule has 0 unspecified atom stereocenters. The first-order valence-corrected chi connectivity index (χ1v) is 7.89. The van der Waals surface area contributed by atoms with Crippen molar-refractivity contribution in [3.63, 3.8) is 0 Å². The Morgan fingerprint density at radius 2 is 2.00 bits per heavy atom. The van der Waals surface area contributed by atoms with Crippen LogP contribution in [0.25, 0.3) is 11.0 Å². The fourth-order valence-corrected chi connectivity index (χ4v) is 3.33. The Hall–Kier alpha value is -1.79. The van der Waals surface area contributed by atoms with E-state index in [-0.39, 0.29) is 5.78 Å². The van der Waals surface area contributed by atoms with Crippen LogP contribution in [-0.2, 0) is 0 Å². The van der Waals surface area contributed by atoms with Crippen LogP contribution in [0.5, 0.6) is 0 Å². The number of aryl methyl sites for hydroxylation is 1. The van der Waals surface area contributed by atoms with Gasteiger partial charge in [0.15, 0.2) is 5.78 Å². The number of hydrogen-bond acceptors (Lipinski definition) is 6. The van der Waals surface area contributed by atoms with Gasteiger partial charge in [-0.3, -0.25) is 4.79 Å². The summed E-state index contributed by atoms with van der Waals surface area (Å²) in [6.07, 6.45) is 1.73. The van der Waals surface area contributed by atoms with Gasteiger partial charge in [-0.15, -0.1) is 11.3 Å². The number of nitrogens with zero attached hydrogens (tertiary/aromatic N) is 3. The number of thiazole rings is 1. The van der Waals surface area contributed by atoms with Crippen molar-refractivity contribution in [3.8, 4) is 0 Å². The number of thioether (sulfide) groups is 1. The molecule has 3 rings (SSSR count). The molecule has 6 heteroatoms. The van der Waals surface area contributed by atoms with Gasteiger partial charge in [0, 0.05) is 11.6 Å².